The van der Waals surface area contributed by atoms with Gasteiger partial charge in [-0.2, -0.15) is 13.2 Å². The Hall–Kier alpha value is -2.20. The fourth-order valence-corrected chi connectivity index (χ4v) is 3.71. The molecule has 1 aromatic heterocycles. The van der Waals surface area contributed by atoms with Gasteiger partial charge in [0.2, 0.25) is 5.88 Å². The molecule has 0 aliphatic carbocycles. The molecule has 0 unspecified atom stereocenters. The Balaban J connectivity index is 1.66. The van der Waals surface area contributed by atoms with Crippen molar-refractivity contribution in [2.75, 3.05) is 0 Å². The predicted molar refractivity (Wildman–Crippen MR) is 95.9 cm³/mol. The van der Waals surface area contributed by atoms with Gasteiger partial charge in [0.15, 0.2) is 6.10 Å². The molecular formula is C20H21F3N2O4. The number of rotatable bonds is 3. The number of nitrogens with one attached hydrogen (secondary N) is 1. The fourth-order valence-electron chi connectivity index (χ4n) is 3.71. The third-order valence-corrected chi connectivity index (χ3v) is 5.29. The molecule has 1 saturated heterocycles. The number of ether oxygens (including phenoxy) is 2. The highest BCUT2D eigenvalue weighted by Gasteiger charge is 2.45. The molecule has 2 aromatic rings. The number of hydrogen-bond donors (Lipinski definition) is 3. The van der Waals surface area contributed by atoms with E-state index < -0.39 is 42.4 Å². The Kier molecular flexibility index (Phi) is 5.24. The highest BCUT2D eigenvalue weighted by atomic mass is 19.4. The van der Waals surface area contributed by atoms with Crippen molar-refractivity contribution in [3.63, 3.8) is 0 Å². The molecule has 1 fully saturated rings. The third-order valence-electron chi connectivity index (χ3n) is 5.29. The smallest absolute Gasteiger partial charge is 0.433 e. The van der Waals surface area contributed by atoms with Gasteiger partial charge in [0.05, 0.1) is 6.10 Å². The monoisotopic (exact) mass is 410 g/mol. The van der Waals surface area contributed by atoms with E-state index in [1.807, 2.05) is 18.2 Å². The summed E-state index contributed by atoms with van der Waals surface area (Å²) in [5, 5.41) is 24.1. The maximum atomic E-state index is 13.0. The zero-order chi connectivity index (χ0) is 20.8. The average molecular weight is 410 g/mol. The highest BCUT2D eigenvalue weighted by Crippen LogP contribution is 2.36. The van der Waals surface area contributed by atoms with Gasteiger partial charge in [0.1, 0.15) is 24.0 Å². The average Bonchev–Trinajstić information content (AvgIpc) is 3.15. The van der Waals surface area contributed by atoms with Crippen LogP contribution in [0.25, 0.3) is 0 Å². The van der Waals surface area contributed by atoms with Crippen LogP contribution in [0, 0.1) is 0 Å². The molecule has 0 radical (unpaired) electrons. The molecule has 156 valence electrons. The van der Waals surface area contributed by atoms with Crippen LogP contribution in [0.4, 0.5) is 13.2 Å². The number of aromatic nitrogens is 1. The summed E-state index contributed by atoms with van der Waals surface area (Å²) in [6, 6.07) is 8.99. The van der Waals surface area contributed by atoms with Crippen molar-refractivity contribution in [3.8, 4) is 5.88 Å². The molecule has 2 aliphatic heterocycles. The lowest BCUT2D eigenvalue weighted by atomic mass is 9.90. The van der Waals surface area contributed by atoms with E-state index in [-0.39, 0.29) is 5.88 Å². The lowest BCUT2D eigenvalue weighted by Crippen LogP contribution is -2.55. The highest BCUT2D eigenvalue weighted by molar-refractivity contribution is 5.36. The number of pyridine rings is 1. The molecule has 0 spiro atoms. The Morgan fingerprint density at radius 1 is 1.10 bits per heavy atom. The van der Waals surface area contributed by atoms with Crippen LogP contribution in [0.15, 0.2) is 36.4 Å². The molecule has 6 nitrogen and oxygen atoms in total. The second-order valence-corrected chi connectivity index (χ2v) is 7.32. The summed E-state index contributed by atoms with van der Waals surface area (Å²) < 4.78 is 50.4. The molecular weight excluding hydrogens is 389 g/mol. The molecule has 9 heteroatoms. The van der Waals surface area contributed by atoms with Crippen molar-refractivity contribution in [3.05, 3.63) is 58.8 Å². The van der Waals surface area contributed by atoms with Gasteiger partial charge >= 0.3 is 6.18 Å². The van der Waals surface area contributed by atoms with Gasteiger partial charge in [-0.15, -0.1) is 0 Å². The number of hydrogen-bond acceptors (Lipinski definition) is 6. The van der Waals surface area contributed by atoms with Crippen molar-refractivity contribution >= 4 is 0 Å². The Morgan fingerprint density at radius 2 is 1.86 bits per heavy atom. The van der Waals surface area contributed by atoms with E-state index in [0.29, 0.717) is 12.1 Å². The number of alkyl halides is 3. The zero-order valence-electron chi connectivity index (χ0n) is 15.6. The lowest BCUT2D eigenvalue weighted by molar-refractivity contribution is -0.213. The lowest BCUT2D eigenvalue weighted by Gasteiger charge is -2.41. The first-order valence-electron chi connectivity index (χ1n) is 9.29. The summed E-state index contributed by atoms with van der Waals surface area (Å²) in [7, 11) is 0. The van der Waals surface area contributed by atoms with Gasteiger partial charge in [0, 0.05) is 19.2 Å². The van der Waals surface area contributed by atoms with Gasteiger partial charge < -0.3 is 25.0 Å². The Bertz CT molecular complexity index is 892. The van der Waals surface area contributed by atoms with Gasteiger partial charge in [0.25, 0.3) is 0 Å². The van der Waals surface area contributed by atoms with Crippen LogP contribution in [0.1, 0.15) is 35.4 Å². The SMILES string of the molecule is C[C@H]1O[C@H](c2ccc3c(c2)CNC3)[C@H](Oc2cccc(C(F)(F)F)n2)[C@@H](O)[C@H]1O. The van der Waals surface area contributed by atoms with Crippen molar-refractivity contribution < 1.29 is 32.9 Å². The molecule has 0 saturated carbocycles. The van der Waals surface area contributed by atoms with Gasteiger partial charge in [-0.3, -0.25) is 0 Å². The maximum absolute atomic E-state index is 13.0. The summed E-state index contributed by atoms with van der Waals surface area (Å²) in [6.07, 6.45) is -9.85. The van der Waals surface area contributed by atoms with Crippen molar-refractivity contribution in [2.45, 2.75) is 56.7 Å². The molecule has 0 amide bonds. The van der Waals surface area contributed by atoms with Crippen molar-refractivity contribution in [1.29, 1.82) is 0 Å². The minimum absolute atomic E-state index is 0.304. The van der Waals surface area contributed by atoms with Crippen LogP contribution in [0.5, 0.6) is 5.88 Å². The van der Waals surface area contributed by atoms with Crippen LogP contribution >= 0.6 is 0 Å². The van der Waals surface area contributed by atoms with Crippen LogP contribution in [0.2, 0.25) is 0 Å². The summed E-state index contributed by atoms with van der Waals surface area (Å²) in [4.78, 5) is 3.50. The van der Waals surface area contributed by atoms with Crippen LogP contribution in [-0.2, 0) is 24.0 Å². The van der Waals surface area contributed by atoms with Crippen LogP contribution < -0.4 is 10.1 Å². The predicted octanol–water partition coefficient (Wildman–Crippen LogP) is 2.33. The third kappa shape index (κ3) is 3.95. The van der Waals surface area contributed by atoms with E-state index in [0.717, 1.165) is 23.7 Å². The summed E-state index contributed by atoms with van der Waals surface area (Å²) in [5.41, 5.74) is 1.84. The van der Waals surface area contributed by atoms with E-state index in [2.05, 4.69) is 10.3 Å². The summed E-state index contributed by atoms with van der Waals surface area (Å²) >= 11 is 0. The molecule has 0 bridgehead atoms. The molecule has 2 aliphatic rings. The largest absolute Gasteiger partial charge is 0.468 e. The topological polar surface area (TPSA) is 83.8 Å². The Labute approximate surface area is 165 Å². The zero-order valence-corrected chi connectivity index (χ0v) is 15.6. The van der Waals surface area contributed by atoms with E-state index in [1.54, 1.807) is 6.92 Å². The Morgan fingerprint density at radius 3 is 2.62 bits per heavy atom. The van der Waals surface area contributed by atoms with Crippen molar-refractivity contribution in [1.82, 2.24) is 10.3 Å². The number of nitrogens with zero attached hydrogens (tertiary/aromatic N) is 1. The first-order chi connectivity index (χ1) is 13.7. The van der Waals surface area contributed by atoms with Crippen molar-refractivity contribution in [2.24, 2.45) is 0 Å². The summed E-state index contributed by atoms with van der Waals surface area (Å²) in [6.45, 7) is 3.07. The second kappa shape index (κ2) is 7.56. The first kappa shape index (κ1) is 20.1. The fraction of sp³-hybridized carbons (Fsp3) is 0.450. The first-order valence-corrected chi connectivity index (χ1v) is 9.29. The van der Waals surface area contributed by atoms with Gasteiger partial charge in [-0.1, -0.05) is 24.3 Å². The maximum Gasteiger partial charge on any atom is 0.433 e. The minimum atomic E-state index is -4.62. The molecule has 1 aromatic carbocycles. The van der Waals surface area contributed by atoms with Crippen LogP contribution in [0.3, 0.4) is 0 Å². The number of aliphatic hydroxyl groups is 2. The van der Waals surface area contributed by atoms with Gasteiger partial charge in [-0.25, -0.2) is 4.98 Å². The standard InChI is InChI=1S/C20H21F3N2O4/c1-10-16(26)17(27)19(29-15-4-2-3-14(25-15)20(21,22)23)18(28-10)11-5-6-12-8-24-9-13(12)7-11/h2-7,10,16-19,24,26-27H,8-9H2,1H3/t10-,16+,17+,18-,19-/m1/s1. The van der Waals surface area contributed by atoms with E-state index >= 15 is 0 Å². The number of aliphatic hydroxyl groups excluding tert-OH is 2. The summed E-state index contributed by atoms with van der Waals surface area (Å²) in [5.74, 6) is -0.304. The normalized spacial score (nSPS) is 29.5. The second-order valence-electron chi connectivity index (χ2n) is 7.32. The quantitative estimate of drug-likeness (QED) is 0.721. The van der Waals surface area contributed by atoms with E-state index in [4.69, 9.17) is 9.47 Å². The van der Waals surface area contributed by atoms with Gasteiger partial charge in [-0.05, 0) is 29.7 Å². The van der Waals surface area contributed by atoms with E-state index in [1.165, 1.54) is 12.1 Å². The number of halogens is 3. The molecule has 5 atom stereocenters. The number of benzene rings is 1. The minimum Gasteiger partial charge on any atom is -0.468 e. The molecule has 29 heavy (non-hydrogen) atoms. The molecule has 3 heterocycles. The van der Waals surface area contributed by atoms with Crippen LogP contribution in [-0.4, -0.2) is 39.6 Å². The number of fused-ring (bicyclic) bond motifs is 1. The molecule has 3 N–H and O–H groups in total. The molecule has 4 rings (SSSR count). The van der Waals surface area contributed by atoms with E-state index in [9.17, 15) is 23.4 Å².